The second-order valence-electron chi connectivity index (χ2n) is 4.17. The molecule has 0 amide bonds. The van der Waals surface area contributed by atoms with Gasteiger partial charge in [-0.05, 0) is 7.05 Å². The van der Waals surface area contributed by atoms with Crippen LogP contribution in [0.4, 0.5) is 0 Å². The molecule has 16 heavy (non-hydrogen) atoms. The first-order chi connectivity index (χ1) is 7.47. The summed E-state index contributed by atoms with van der Waals surface area (Å²) in [4.78, 5) is 8.17. The second-order valence-corrected chi connectivity index (χ2v) is 5.97. The predicted molar refractivity (Wildman–Crippen MR) is 62.6 cm³/mol. The summed E-state index contributed by atoms with van der Waals surface area (Å²) in [6, 6.07) is 0. The summed E-state index contributed by atoms with van der Waals surface area (Å²) in [6.07, 6.45) is 0. The third-order valence-electron chi connectivity index (χ3n) is 2.81. The molecule has 2 aliphatic heterocycles. The molecule has 90 valence electrons. The van der Waals surface area contributed by atoms with Gasteiger partial charge in [0.05, 0.1) is 12.0 Å². The van der Waals surface area contributed by atoms with E-state index in [1.54, 1.807) is 0 Å². The highest BCUT2D eigenvalue weighted by Crippen LogP contribution is 2.12. The van der Waals surface area contributed by atoms with Crippen molar-refractivity contribution in [2.75, 3.05) is 39.8 Å². The molecular weight excluding hydrogens is 228 g/mol. The number of rotatable bonds is 2. The van der Waals surface area contributed by atoms with Gasteiger partial charge >= 0.3 is 0 Å². The highest BCUT2D eigenvalue weighted by Gasteiger charge is 2.26. The van der Waals surface area contributed by atoms with E-state index >= 15 is 0 Å². The van der Waals surface area contributed by atoms with Crippen molar-refractivity contribution in [1.82, 2.24) is 9.80 Å². The average Bonchev–Trinajstić information content (AvgIpc) is 2.43. The van der Waals surface area contributed by atoms with E-state index in [1.165, 1.54) is 0 Å². The van der Waals surface area contributed by atoms with Crippen LogP contribution in [0.15, 0.2) is 16.2 Å². The van der Waals surface area contributed by atoms with E-state index in [1.807, 2.05) is 0 Å². The number of hydrogen-bond acceptors (Lipinski definition) is 6. The number of hydrogen-bond donors (Lipinski definition) is 1. The zero-order valence-electron chi connectivity index (χ0n) is 9.26. The van der Waals surface area contributed by atoms with Crippen molar-refractivity contribution in [2.24, 2.45) is 10.7 Å². The van der Waals surface area contributed by atoms with E-state index in [0.717, 1.165) is 31.6 Å². The largest absolute Gasteiger partial charge is 0.383 e. The maximum absolute atomic E-state index is 11.6. The molecule has 0 aromatic heterocycles. The summed E-state index contributed by atoms with van der Waals surface area (Å²) < 4.78 is 23.2. The predicted octanol–water partition coefficient (Wildman–Crippen LogP) is -1.18. The lowest BCUT2D eigenvalue weighted by Crippen LogP contribution is -2.46. The number of sulfone groups is 1. The van der Waals surface area contributed by atoms with Crippen molar-refractivity contribution in [3.63, 3.8) is 0 Å². The molecule has 0 unspecified atom stereocenters. The molecular formula is C9H16N4O2S. The smallest absolute Gasteiger partial charge is 0.218 e. The Kier molecular flexibility index (Phi) is 3.00. The van der Waals surface area contributed by atoms with Gasteiger partial charge in [-0.2, -0.15) is 0 Å². The Labute approximate surface area is 95.3 Å². The molecule has 2 aliphatic rings. The lowest BCUT2D eigenvalue weighted by molar-refractivity contribution is 0.171. The highest BCUT2D eigenvalue weighted by molar-refractivity contribution is 8.09. The minimum atomic E-state index is -3.34. The number of nitrogens with zero attached hydrogens (tertiary/aromatic N) is 3. The Balaban J connectivity index is 1.99. The van der Waals surface area contributed by atoms with Crippen LogP contribution in [0.3, 0.4) is 0 Å². The third-order valence-corrected chi connectivity index (χ3v) is 4.24. The van der Waals surface area contributed by atoms with Crippen molar-refractivity contribution in [2.45, 2.75) is 0 Å². The lowest BCUT2D eigenvalue weighted by atomic mass is 10.3. The third kappa shape index (κ3) is 2.42. The van der Waals surface area contributed by atoms with Gasteiger partial charge in [0.15, 0.2) is 5.04 Å². The normalized spacial score (nSPS) is 26.6. The standard InChI is InChI=1S/C9H16N4O2S/c1-12-2-4-13(5-3-12)6-9-11-8(10)7-16(9,14)15/h7H,2-6,10H2,1H3. The number of piperazine rings is 1. The van der Waals surface area contributed by atoms with Crippen LogP contribution in [0.1, 0.15) is 0 Å². The maximum Gasteiger partial charge on any atom is 0.218 e. The first-order valence-corrected chi connectivity index (χ1v) is 6.73. The van der Waals surface area contributed by atoms with Crippen LogP contribution in [-0.2, 0) is 9.84 Å². The molecule has 0 saturated carbocycles. The molecule has 0 aromatic rings. The Morgan fingerprint density at radius 2 is 2.00 bits per heavy atom. The Morgan fingerprint density at radius 1 is 1.38 bits per heavy atom. The molecule has 1 fully saturated rings. The van der Waals surface area contributed by atoms with Gasteiger partial charge in [0.25, 0.3) is 0 Å². The molecule has 0 spiro atoms. The van der Waals surface area contributed by atoms with E-state index in [-0.39, 0.29) is 10.9 Å². The van der Waals surface area contributed by atoms with Crippen LogP contribution in [0.5, 0.6) is 0 Å². The zero-order chi connectivity index (χ0) is 11.8. The SMILES string of the molecule is CN1CCN(CC2=NC(N)=CS2(=O)=O)CC1. The molecule has 7 heteroatoms. The van der Waals surface area contributed by atoms with Gasteiger partial charge in [0, 0.05) is 26.2 Å². The van der Waals surface area contributed by atoms with Crippen LogP contribution in [0, 0.1) is 0 Å². The fraction of sp³-hybridized carbons (Fsp3) is 0.667. The van der Waals surface area contributed by atoms with Crippen molar-refractivity contribution in [3.8, 4) is 0 Å². The minimum Gasteiger partial charge on any atom is -0.383 e. The van der Waals surface area contributed by atoms with Crippen molar-refractivity contribution < 1.29 is 8.42 Å². The van der Waals surface area contributed by atoms with E-state index < -0.39 is 9.84 Å². The summed E-state index contributed by atoms with van der Waals surface area (Å²) in [5, 5.41) is 1.20. The second kappa shape index (κ2) is 4.15. The molecule has 1 saturated heterocycles. The summed E-state index contributed by atoms with van der Waals surface area (Å²) in [5.74, 6) is 0.0872. The van der Waals surface area contributed by atoms with Gasteiger partial charge in [-0.15, -0.1) is 0 Å². The zero-order valence-corrected chi connectivity index (χ0v) is 10.1. The van der Waals surface area contributed by atoms with Gasteiger partial charge in [-0.3, -0.25) is 4.90 Å². The van der Waals surface area contributed by atoms with E-state index in [0.29, 0.717) is 6.54 Å². The molecule has 0 aliphatic carbocycles. The van der Waals surface area contributed by atoms with Crippen LogP contribution in [0.25, 0.3) is 0 Å². The number of likely N-dealkylation sites (N-methyl/N-ethyl adjacent to an activating group) is 1. The quantitative estimate of drug-likeness (QED) is 0.661. The Bertz CT molecular complexity index is 432. The van der Waals surface area contributed by atoms with Crippen LogP contribution in [0.2, 0.25) is 0 Å². The fourth-order valence-electron chi connectivity index (χ4n) is 1.78. The molecule has 2 rings (SSSR count). The molecule has 2 N–H and O–H groups in total. The van der Waals surface area contributed by atoms with Gasteiger partial charge in [0.1, 0.15) is 5.82 Å². The van der Waals surface area contributed by atoms with E-state index in [4.69, 9.17) is 5.73 Å². The van der Waals surface area contributed by atoms with Gasteiger partial charge in [-0.25, -0.2) is 13.4 Å². The first-order valence-electron chi connectivity index (χ1n) is 5.18. The summed E-state index contributed by atoms with van der Waals surface area (Å²) in [5.41, 5.74) is 5.40. The first kappa shape index (κ1) is 11.6. The van der Waals surface area contributed by atoms with E-state index in [9.17, 15) is 8.42 Å². The Hall–Kier alpha value is -0.920. The average molecular weight is 244 g/mol. The number of nitrogens with two attached hydrogens (primary N) is 1. The van der Waals surface area contributed by atoms with Gasteiger partial charge in [-0.1, -0.05) is 0 Å². The number of aliphatic imine (C=N–C) groups is 1. The van der Waals surface area contributed by atoms with Gasteiger partial charge in [0.2, 0.25) is 9.84 Å². The Morgan fingerprint density at radius 3 is 2.50 bits per heavy atom. The highest BCUT2D eigenvalue weighted by atomic mass is 32.2. The molecule has 0 bridgehead atoms. The summed E-state index contributed by atoms with van der Waals surface area (Å²) in [7, 11) is -1.29. The monoisotopic (exact) mass is 244 g/mol. The topological polar surface area (TPSA) is 79.0 Å². The van der Waals surface area contributed by atoms with Crippen LogP contribution < -0.4 is 5.73 Å². The molecule has 2 heterocycles. The molecule has 0 atom stereocenters. The molecule has 0 aromatic carbocycles. The van der Waals surface area contributed by atoms with Crippen LogP contribution in [-0.4, -0.2) is 63.0 Å². The molecule has 0 radical (unpaired) electrons. The van der Waals surface area contributed by atoms with Crippen molar-refractivity contribution >= 4 is 14.9 Å². The van der Waals surface area contributed by atoms with E-state index in [2.05, 4.69) is 21.8 Å². The van der Waals surface area contributed by atoms with Crippen molar-refractivity contribution in [1.29, 1.82) is 0 Å². The summed E-state index contributed by atoms with van der Waals surface area (Å²) in [6.45, 7) is 4.01. The fourth-order valence-corrected chi connectivity index (χ4v) is 2.89. The minimum absolute atomic E-state index is 0.0872. The van der Waals surface area contributed by atoms with Crippen molar-refractivity contribution in [3.05, 3.63) is 11.2 Å². The molecule has 6 nitrogen and oxygen atoms in total. The van der Waals surface area contributed by atoms with Gasteiger partial charge < -0.3 is 10.6 Å². The summed E-state index contributed by atoms with van der Waals surface area (Å²) >= 11 is 0. The lowest BCUT2D eigenvalue weighted by Gasteiger charge is -2.31. The maximum atomic E-state index is 11.6. The van der Waals surface area contributed by atoms with Crippen LogP contribution >= 0.6 is 0 Å².